The zero-order valence-corrected chi connectivity index (χ0v) is 14.6. The minimum absolute atomic E-state index is 0.316. The summed E-state index contributed by atoms with van der Waals surface area (Å²) in [4.78, 5) is 21.9. The van der Waals surface area contributed by atoms with Crippen LogP contribution in [-0.4, -0.2) is 53.2 Å². The van der Waals surface area contributed by atoms with Gasteiger partial charge in [0.2, 0.25) is 5.95 Å². The van der Waals surface area contributed by atoms with Crippen molar-refractivity contribution in [1.82, 2.24) is 19.9 Å². The molecule has 3 heterocycles. The van der Waals surface area contributed by atoms with E-state index in [1.54, 1.807) is 12.5 Å². The Labute approximate surface area is 143 Å². The van der Waals surface area contributed by atoms with Gasteiger partial charge in [-0.1, -0.05) is 6.92 Å². The number of piperidine rings is 1. The molecule has 0 aromatic carbocycles. The van der Waals surface area contributed by atoms with E-state index in [-0.39, 0.29) is 0 Å². The van der Waals surface area contributed by atoms with Crippen LogP contribution in [0.2, 0.25) is 0 Å². The molecule has 0 spiro atoms. The van der Waals surface area contributed by atoms with Crippen LogP contribution in [0, 0.1) is 0 Å². The molecule has 1 N–H and O–H groups in total. The first-order valence-electron chi connectivity index (χ1n) is 8.48. The van der Waals surface area contributed by atoms with Crippen molar-refractivity contribution < 1.29 is 0 Å². The Morgan fingerprint density at radius 1 is 1.29 bits per heavy atom. The number of rotatable bonds is 5. The van der Waals surface area contributed by atoms with Crippen LogP contribution in [-0.2, 0) is 6.42 Å². The van der Waals surface area contributed by atoms with E-state index >= 15 is 0 Å². The van der Waals surface area contributed by atoms with E-state index in [9.17, 15) is 0 Å². The van der Waals surface area contributed by atoms with Gasteiger partial charge in [-0.15, -0.1) is 0 Å². The van der Waals surface area contributed by atoms with Crippen molar-refractivity contribution in [2.24, 2.45) is 0 Å². The number of nitrogens with zero attached hydrogens (tertiary/aromatic N) is 6. The van der Waals surface area contributed by atoms with Gasteiger partial charge in [-0.2, -0.15) is 4.98 Å². The van der Waals surface area contributed by atoms with Gasteiger partial charge in [0.15, 0.2) is 0 Å². The van der Waals surface area contributed by atoms with Crippen LogP contribution in [0.25, 0.3) is 0 Å². The highest BCUT2D eigenvalue weighted by Crippen LogP contribution is 2.20. The van der Waals surface area contributed by atoms with E-state index in [4.69, 9.17) is 0 Å². The predicted molar refractivity (Wildman–Crippen MR) is 96.6 cm³/mol. The van der Waals surface area contributed by atoms with Gasteiger partial charge in [-0.3, -0.25) is 0 Å². The predicted octanol–water partition coefficient (Wildman–Crippen LogP) is 1.98. The zero-order valence-electron chi connectivity index (χ0n) is 14.6. The highest BCUT2D eigenvalue weighted by atomic mass is 15.2. The second kappa shape index (κ2) is 7.42. The molecule has 7 nitrogen and oxygen atoms in total. The molecule has 3 rings (SSSR count). The van der Waals surface area contributed by atoms with Crippen molar-refractivity contribution in [2.45, 2.75) is 32.2 Å². The number of hydrogen-bond donors (Lipinski definition) is 1. The molecule has 0 bridgehead atoms. The largest absolute Gasteiger partial charge is 0.363 e. The summed E-state index contributed by atoms with van der Waals surface area (Å²) in [6, 6.07) is 4.31. The van der Waals surface area contributed by atoms with Crippen LogP contribution in [0.15, 0.2) is 24.7 Å². The summed E-state index contributed by atoms with van der Waals surface area (Å²) in [5.74, 6) is 2.60. The fraction of sp³-hybridized carbons (Fsp3) is 0.529. The van der Waals surface area contributed by atoms with Gasteiger partial charge in [0.1, 0.15) is 18.0 Å². The summed E-state index contributed by atoms with van der Waals surface area (Å²) in [5.41, 5.74) is 1.08. The van der Waals surface area contributed by atoms with E-state index in [1.807, 2.05) is 25.1 Å². The van der Waals surface area contributed by atoms with Gasteiger partial charge in [-0.25, -0.2) is 15.0 Å². The lowest BCUT2D eigenvalue weighted by atomic mass is 10.1. The van der Waals surface area contributed by atoms with Crippen molar-refractivity contribution in [3.63, 3.8) is 0 Å². The topological polar surface area (TPSA) is 70.1 Å². The quantitative estimate of drug-likeness (QED) is 0.900. The molecule has 1 unspecified atom stereocenters. The van der Waals surface area contributed by atoms with Crippen molar-refractivity contribution >= 4 is 17.6 Å². The normalized spacial score (nSPS) is 17.6. The summed E-state index contributed by atoms with van der Waals surface area (Å²) in [5, 5.41) is 3.47. The Kier molecular flexibility index (Phi) is 5.08. The van der Waals surface area contributed by atoms with E-state index in [2.05, 4.69) is 43.1 Å². The van der Waals surface area contributed by atoms with Crippen LogP contribution >= 0.6 is 0 Å². The molecule has 2 aromatic heterocycles. The van der Waals surface area contributed by atoms with E-state index < -0.39 is 0 Å². The molecule has 0 radical (unpaired) electrons. The van der Waals surface area contributed by atoms with Gasteiger partial charge < -0.3 is 15.1 Å². The third kappa shape index (κ3) is 3.90. The Bertz CT molecular complexity index is 673. The first-order chi connectivity index (χ1) is 11.7. The van der Waals surface area contributed by atoms with Crippen molar-refractivity contribution in [2.75, 3.05) is 42.3 Å². The maximum absolute atomic E-state index is 4.55. The Balaban J connectivity index is 1.68. The average molecular weight is 327 g/mol. The Morgan fingerprint density at radius 2 is 2.17 bits per heavy atom. The molecular weight excluding hydrogens is 302 g/mol. The fourth-order valence-corrected chi connectivity index (χ4v) is 2.91. The first kappa shape index (κ1) is 16.4. The maximum Gasteiger partial charge on any atom is 0.224 e. The molecule has 1 fully saturated rings. The zero-order chi connectivity index (χ0) is 16.9. The second-order valence-corrected chi connectivity index (χ2v) is 6.28. The third-order valence-corrected chi connectivity index (χ3v) is 4.25. The average Bonchev–Trinajstić information content (AvgIpc) is 2.62. The number of nitrogens with one attached hydrogen (secondary N) is 1. The molecule has 1 saturated heterocycles. The molecular formula is C17H25N7. The highest BCUT2D eigenvalue weighted by Gasteiger charge is 2.22. The monoisotopic (exact) mass is 327 g/mol. The first-order valence-corrected chi connectivity index (χ1v) is 8.48. The smallest absolute Gasteiger partial charge is 0.224 e. The summed E-state index contributed by atoms with van der Waals surface area (Å²) in [6.07, 6.45) is 6.61. The van der Waals surface area contributed by atoms with Crippen LogP contribution in [0.1, 0.15) is 25.5 Å². The molecule has 0 aliphatic carbocycles. The summed E-state index contributed by atoms with van der Waals surface area (Å²) in [6.45, 7) is 4.04. The molecule has 1 atom stereocenters. The van der Waals surface area contributed by atoms with Crippen LogP contribution < -0.4 is 15.1 Å². The van der Waals surface area contributed by atoms with Crippen LogP contribution in [0.3, 0.4) is 0 Å². The van der Waals surface area contributed by atoms with Gasteiger partial charge in [0.05, 0.1) is 0 Å². The second-order valence-electron chi connectivity index (χ2n) is 6.28. The molecule has 1 aliphatic rings. The summed E-state index contributed by atoms with van der Waals surface area (Å²) < 4.78 is 0. The van der Waals surface area contributed by atoms with Gasteiger partial charge in [0.25, 0.3) is 0 Å². The number of aryl methyl sites for hydroxylation is 1. The van der Waals surface area contributed by atoms with E-state index in [0.29, 0.717) is 12.0 Å². The minimum Gasteiger partial charge on any atom is -0.363 e. The Morgan fingerprint density at radius 3 is 2.96 bits per heavy atom. The maximum atomic E-state index is 4.55. The van der Waals surface area contributed by atoms with Gasteiger partial charge in [0, 0.05) is 51.2 Å². The number of aromatic nitrogens is 4. The third-order valence-electron chi connectivity index (χ3n) is 4.25. The van der Waals surface area contributed by atoms with Crippen molar-refractivity contribution in [1.29, 1.82) is 0 Å². The lowest BCUT2D eigenvalue weighted by molar-refractivity contribution is 0.523. The van der Waals surface area contributed by atoms with Gasteiger partial charge >= 0.3 is 0 Å². The standard InChI is InChI=1S/C17H25N7/c1-4-13-10-16(20-12-19-13)24-9-5-6-14(11-24)21-17-18-8-7-15(22-17)23(2)3/h7-8,10,12,14H,4-6,9,11H2,1-3H3,(H,18,21,22). The molecule has 2 aromatic rings. The molecule has 7 heteroatoms. The lowest BCUT2D eigenvalue weighted by Crippen LogP contribution is -2.43. The molecule has 0 saturated carbocycles. The SMILES string of the molecule is CCc1cc(N2CCCC(Nc3nccc(N(C)C)n3)C2)ncn1. The number of hydrogen-bond acceptors (Lipinski definition) is 7. The van der Waals surface area contributed by atoms with Gasteiger partial charge in [-0.05, 0) is 25.3 Å². The fourth-order valence-electron chi connectivity index (χ4n) is 2.91. The number of anilines is 3. The van der Waals surface area contributed by atoms with E-state index in [1.165, 1.54) is 0 Å². The van der Waals surface area contributed by atoms with Crippen LogP contribution in [0.4, 0.5) is 17.6 Å². The highest BCUT2D eigenvalue weighted by molar-refractivity contribution is 5.43. The van der Waals surface area contributed by atoms with E-state index in [0.717, 1.165) is 49.7 Å². The molecule has 24 heavy (non-hydrogen) atoms. The summed E-state index contributed by atoms with van der Waals surface area (Å²) in [7, 11) is 3.96. The molecule has 0 amide bonds. The molecule has 1 aliphatic heterocycles. The Hall–Kier alpha value is -2.44. The lowest BCUT2D eigenvalue weighted by Gasteiger charge is -2.34. The summed E-state index contributed by atoms with van der Waals surface area (Å²) >= 11 is 0. The minimum atomic E-state index is 0.316. The van der Waals surface area contributed by atoms with Crippen LogP contribution in [0.5, 0.6) is 0 Å². The van der Waals surface area contributed by atoms with Crippen molar-refractivity contribution in [3.8, 4) is 0 Å². The molecule has 128 valence electrons. The van der Waals surface area contributed by atoms with Crippen molar-refractivity contribution in [3.05, 3.63) is 30.4 Å².